The number of amides is 1. The first-order chi connectivity index (χ1) is 23.5. The highest BCUT2D eigenvalue weighted by Gasteiger charge is 2.29. The number of pyridine rings is 1. The smallest absolute Gasteiger partial charge is 0.241 e. The van der Waals surface area contributed by atoms with Crippen molar-refractivity contribution in [1.82, 2.24) is 30.7 Å². The molecule has 2 aliphatic carbocycles. The van der Waals surface area contributed by atoms with Gasteiger partial charge in [0.1, 0.15) is 12.2 Å². The third-order valence-electron chi connectivity index (χ3n) is 9.52. The summed E-state index contributed by atoms with van der Waals surface area (Å²) in [6.07, 6.45) is 20.4. The lowest BCUT2D eigenvalue weighted by Gasteiger charge is -2.33. The van der Waals surface area contributed by atoms with E-state index in [2.05, 4.69) is 58.9 Å². The molecule has 2 fully saturated rings. The Morgan fingerprint density at radius 1 is 0.938 bits per heavy atom. The molecule has 0 spiro atoms. The molecule has 0 bridgehead atoms. The number of allylic oxidation sites excluding steroid dienone is 3. The SMILES string of the molecule is C=C/C=C/CC[C@H]1CCCCC1NC(=O)Cn1nc(C(=C)NCc2cccnc2)cc1C(=C)N[C@H]1CCCCC1OCc1ccccc1. The van der Waals surface area contributed by atoms with Crippen molar-refractivity contribution in [3.8, 4) is 0 Å². The Kier molecular flexibility index (Phi) is 13.2. The third-order valence-corrected chi connectivity index (χ3v) is 9.52. The van der Waals surface area contributed by atoms with Crippen LogP contribution >= 0.6 is 0 Å². The van der Waals surface area contributed by atoms with Gasteiger partial charge in [0, 0.05) is 25.0 Å². The molecule has 1 amide bonds. The summed E-state index contributed by atoms with van der Waals surface area (Å²) in [5.41, 5.74) is 5.06. The molecule has 1 aromatic carbocycles. The standard InChI is InChI=1S/C40H52N6O2/c1-4-5-6-10-19-34-20-11-12-21-35(34)44-40(47)28-46-38(25-37(45-46)30(2)42-27-33-18-15-24-41-26-33)31(3)43-36-22-13-14-23-39(36)48-29-32-16-8-7-9-17-32/h4-9,15-18,24-26,34-36,39,42-43H,1-3,10-14,19-23,27-29H2,(H,44,47)/b6-5+/t34-,35?,36-,39?/m0/s1. The zero-order valence-electron chi connectivity index (χ0n) is 28.3. The molecule has 2 unspecified atom stereocenters. The van der Waals surface area contributed by atoms with Crippen molar-refractivity contribution in [3.63, 3.8) is 0 Å². The fourth-order valence-electron chi connectivity index (χ4n) is 6.90. The van der Waals surface area contributed by atoms with E-state index >= 15 is 0 Å². The number of carbonyl (C=O) groups is 1. The van der Waals surface area contributed by atoms with Crippen LogP contribution in [-0.4, -0.2) is 38.9 Å². The largest absolute Gasteiger partial charge is 0.380 e. The Bertz CT molecular complexity index is 1510. The number of benzene rings is 1. The van der Waals surface area contributed by atoms with Crippen LogP contribution < -0.4 is 16.0 Å². The maximum atomic E-state index is 13.6. The highest BCUT2D eigenvalue weighted by molar-refractivity contribution is 5.77. The van der Waals surface area contributed by atoms with E-state index in [-0.39, 0.29) is 30.6 Å². The molecule has 0 saturated heterocycles. The van der Waals surface area contributed by atoms with Gasteiger partial charge in [-0.3, -0.25) is 14.5 Å². The predicted molar refractivity (Wildman–Crippen MR) is 194 cm³/mol. The number of nitrogens with zero attached hydrogens (tertiary/aromatic N) is 3. The van der Waals surface area contributed by atoms with Crippen LogP contribution in [0.15, 0.2) is 98.9 Å². The van der Waals surface area contributed by atoms with Gasteiger partial charge in [-0.15, -0.1) is 0 Å². The Morgan fingerprint density at radius 2 is 1.71 bits per heavy atom. The minimum Gasteiger partial charge on any atom is -0.380 e. The van der Waals surface area contributed by atoms with Gasteiger partial charge < -0.3 is 20.7 Å². The second-order valence-electron chi connectivity index (χ2n) is 13.1. The molecule has 0 radical (unpaired) electrons. The van der Waals surface area contributed by atoms with Crippen molar-refractivity contribution >= 4 is 17.3 Å². The van der Waals surface area contributed by atoms with E-state index in [0.29, 0.717) is 30.5 Å². The Labute approximate surface area is 286 Å². The first-order valence-electron chi connectivity index (χ1n) is 17.6. The van der Waals surface area contributed by atoms with Crippen molar-refractivity contribution in [2.75, 3.05) is 0 Å². The molecule has 254 valence electrons. The molecule has 5 rings (SSSR count). The van der Waals surface area contributed by atoms with E-state index in [1.807, 2.05) is 54.7 Å². The molecule has 0 aliphatic heterocycles. The molecule has 2 aromatic heterocycles. The molecule has 3 N–H and O–H groups in total. The van der Waals surface area contributed by atoms with E-state index in [1.165, 1.54) is 12.0 Å². The first kappa shape index (κ1) is 34.9. The lowest BCUT2D eigenvalue weighted by Crippen LogP contribution is -2.44. The van der Waals surface area contributed by atoms with Gasteiger partial charge in [-0.25, -0.2) is 0 Å². The number of rotatable bonds is 17. The molecular formula is C40H52N6O2. The minimum atomic E-state index is -0.0343. The Morgan fingerprint density at radius 3 is 2.50 bits per heavy atom. The Hall–Kier alpha value is -4.43. The van der Waals surface area contributed by atoms with Crippen molar-refractivity contribution in [1.29, 1.82) is 0 Å². The summed E-state index contributed by atoms with van der Waals surface area (Å²) in [5, 5.41) is 15.3. The summed E-state index contributed by atoms with van der Waals surface area (Å²) in [7, 11) is 0. The highest BCUT2D eigenvalue weighted by atomic mass is 16.5. The van der Waals surface area contributed by atoms with Crippen LogP contribution in [0.4, 0.5) is 0 Å². The molecule has 2 saturated carbocycles. The molecule has 4 atom stereocenters. The van der Waals surface area contributed by atoms with Crippen LogP contribution in [0.1, 0.15) is 86.7 Å². The minimum absolute atomic E-state index is 0.0343. The fraction of sp³-hybridized carbons (Fsp3) is 0.425. The quantitative estimate of drug-likeness (QED) is 0.133. The van der Waals surface area contributed by atoms with Crippen LogP contribution in [-0.2, 0) is 29.2 Å². The number of aromatic nitrogens is 3. The van der Waals surface area contributed by atoms with Gasteiger partial charge in [-0.2, -0.15) is 5.10 Å². The molecule has 2 aliphatic rings. The van der Waals surface area contributed by atoms with Crippen LogP contribution in [0, 0.1) is 5.92 Å². The van der Waals surface area contributed by atoms with E-state index in [9.17, 15) is 4.79 Å². The summed E-state index contributed by atoms with van der Waals surface area (Å²) in [4.78, 5) is 17.8. The number of hydrogen-bond acceptors (Lipinski definition) is 6. The van der Waals surface area contributed by atoms with Crippen LogP contribution in [0.3, 0.4) is 0 Å². The maximum absolute atomic E-state index is 13.6. The zero-order chi connectivity index (χ0) is 33.6. The van der Waals surface area contributed by atoms with Crippen molar-refractivity contribution in [3.05, 3.63) is 121 Å². The number of ether oxygens (including phenoxy) is 1. The second kappa shape index (κ2) is 18.2. The van der Waals surface area contributed by atoms with E-state index in [4.69, 9.17) is 9.84 Å². The topological polar surface area (TPSA) is 93.1 Å². The van der Waals surface area contributed by atoms with Crippen LogP contribution in [0.25, 0.3) is 11.4 Å². The normalized spacial score (nSPS) is 21.0. The average molecular weight is 649 g/mol. The van der Waals surface area contributed by atoms with Gasteiger partial charge in [0.05, 0.1) is 35.8 Å². The first-order valence-corrected chi connectivity index (χ1v) is 17.6. The van der Waals surface area contributed by atoms with Crippen LogP contribution in [0.5, 0.6) is 0 Å². The molecule has 3 aromatic rings. The summed E-state index contributed by atoms with van der Waals surface area (Å²) >= 11 is 0. The number of hydrogen-bond donors (Lipinski definition) is 3. The molecule has 8 heteroatoms. The zero-order valence-corrected chi connectivity index (χ0v) is 28.3. The summed E-state index contributed by atoms with van der Waals surface area (Å²) < 4.78 is 8.21. The second-order valence-corrected chi connectivity index (χ2v) is 13.1. The van der Waals surface area contributed by atoms with Gasteiger partial charge in [0.25, 0.3) is 0 Å². The number of carbonyl (C=O) groups excluding carboxylic acids is 1. The van der Waals surface area contributed by atoms with Gasteiger partial charge in [-0.1, -0.05) is 100 Å². The van der Waals surface area contributed by atoms with E-state index in [1.54, 1.807) is 10.9 Å². The van der Waals surface area contributed by atoms with Gasteiger partial charge in [0.2, 0.25) is 5.91 Å². The molecule has 8 nitrogen and oxygen atoms in total. The summed E-state index contributed by atoms with van der Waals surface area (Å²) in [6.45, 7) is 13.7. The molecule has 2 heterocycles. The van der Waals surface area contributed by atoms with Gasteiger partial charge in [0.15, 0.2) is 0 Å². The van der Waals surface area contributed by atoms with E-state index in [0.717, 1.165) is 74.7 Å². The average Bonchev–Trinajstić information content (AvgIpc) is 3.54. The monoisotopic (exact) mass is 648 g/mol. The van der Waals surface area contributed by atoms with E-state index < -0.39 is 0 Å². The van der Waals surface area contributed by atoms with Crippen molar-refractivity contribution in [2.45, 2.75) is 102 Å². The third kappa shape index (κ3) is 10.3. The fourth-order valence-corrected chi connectivity index (χ4v) is 6.90. The molecular weight excluding hydrogens is 596 g/mol. The number of nitrogens with one attached hydrogen (secondary N) is 3. The Balaban J connectivity index is 1.28. The van der Waals surface area contributed by atoms with Crippen molar-refractivity contribution in [2.24, 2.45) is 5.92 Å². The van der Waals surface area contributed by atoms with Crippen molar-refractivity contribution < 1.29 is 9.53 Å². The summed E-state index contributed by atoms with van der Waals surface area (Å²) in [6, 6.07) is 16.5. The van der Waals surface area contributed by atoms with Crippen LogP contribution in [0.2, 0.25) is 0 Å². The summed E-state index contributed by atoms with van der Waals surface area (Å²) in [5.74, 6) is 0.435. The highest BCUT2D eigenvalue weighted by Crippen LogP contribution is 2.29. The maximum Gasteiger partial charge on any atom is 0.241 e. The lowest BCUT2D eigenvalue weighted by atomic mass is 9.81. The predicted octanol–water partition coefficient (Wildman–Crippen LogP) is 7.32. The van der Waals surface area contributed by atoms with Gasteiger partial charge in [-0.05, 0) is 67.7 Å². The molecule has 48 heavy (non-hydrogen) atoms. The lowest BCUT2D eigenvalue weighted by molar-refractivity contribution is -0.123. The van der Waals surface area contributed by atoms with Gasteiger partial charge >= 0.3 is 0 Å².